The number of amides is 3. The minimum absolute atomic E-state index is 0.0279. The van der Waals surface area contributed by atoms with Gasteiger partial charge in [-0.05, 0) is 61.2 Å². The molecule has 0 radical (unpaired) electrons. The minimum Gasteiger partial charge on any atom is -0.545 e. The van der Waals surface area contributed by atoms with Crippen LogP contribution in [0.25, 0.3) is 0 Å². The normalized spacial score (nSPS) is 16.3. The van der Waals surface area contributed by atoms with E-state index < -0.39 is 17.8 Å². The van der Waals surface area contributed by atoms with Crippen LogP contribution in [0.4, 0.5) is 5.69 Å². The van der Waals surface area contributed by atoms with Crippen LogP contribution in [-0.2, 0) is 0 Å². The SMILES string of the molecule is O=C([O-])c1ccc2c(c1)C(=O)N(c1ccc(C(=O)N3CCCCC3)cc1)C2=O. The van der Waals surface area contributed by atoms with Gasteiger partial charge in [-0.2, -0.15) is 0 Å². The summed E-state index contributed by atoms with van der Waals surface area (Å²) in [6.07, 6.45) is 3.11. The number of hydrogen-bond donors (Lipinski definition) is 0. The molecular formula is C21H17N2O5-. The number of nitrogens with zero attached hydrogens (tertiary/aromatic N) is 2. The number of rotatable bonds is 3. The van der Waals surface area contributed by atoms with Crippen molar-refractivity contribution >= 4 is 29.4 Å². The lowest BCUT2D eigenvalue weighted by Crippen LogP contribution is -2.35. The van der Waals surface area contributed by atoms with E-state index >= 15 is 0 Å². The number of carboxylic acids is 1. The maximum absolute atomic E-state index is 12.7. The van der Waals surface area contributed by atoms with Crippen molar-refractivity contribution in [2.24, 2.45) is 0 Å². The van der Waals surface area contributed by atoms with E-state index in [4.69, 9.17) is 0 Å². The van der Waals surface area contributed by atoms with Crippen molar-refractivity contribution in [1.82, 2.24) is 4.90 Å². The van der Waals surface area contributed by atoms with Crippen LogP contribution >= 0.6 is 0 Å². The van der Waals surface area contributed by atoms with Crippen LogP contribution in [0.2, 0.25) is 0 Å². The molecule has 2 heterocycles. The van der Waals surface area contributed by atoms with Crippen LogP contribution in [-0.4, -0.2) is 41.7 Å². The number of anilines is 1. The van der Waals surface area contributed by atoms with E-state index in [1.54, 1.807) is 24.3 Å². The Bertz CT molecular complexity index is 990. The van der Waals surface area contributed by atoms with Gasteiger partial charge in [0.2, 0.25) is 0 Å². The van der Waals surface area contributed by atoms with Crippen LogP contribution in [0.1, 0.15) is 60.7 Å². The summed E-state index contributed by atoms with van der Waals surface area (Å²) in [6.45, 7) is 1.47. The summed E-state index contributed by atoms with van der Waals surface area (Å²) in [5.41, 5.74) is 0.839. The van der Waals surface area contributed by atoms with Crippen LogP contribution in [0, 0.1) is 0 Å². The van der Waals surface area contributed by atoms with E-state index in [1.807, 2.05) is 4.90 Å². The second-order valence-electron chi connectivity index (χ2n) is 6.89. The van der Waals surface area contributed by atoms with Gasteiger partial charge in [0.25, 0.3) is 17.7 Å². The molecule has 2 aromatic rings. The highest BCUT2D eigenvalue weighted by Crippen LogP contribution is 2.29. The summed E-state index contributed by atoms with van der Waals surface area (Å²) in [6, 6.07) is 10.0. The first-order chi connectivity index (χ1) is 13.5. The number of aromatic carboxylic acids is 1. The predicted molar refractivity (Wildman–Crippen MR) is 98.1 cm³/mol. The largest absolute Gasteiger partial charge is 0.545 e. The number of fused-ring (bicyclic) bond motifs is 1. The number of imide groups is 1. The molecule has 2 aliphatic rings. The average molecular weight is 377 g/mol. The molecule has 0 N–H and O–H groups in total. The molecule has 142 valence electrons. The number of carbonyl (C=O) groups is 4. The van der Waals surface area contributed by atoms with Crippen molar-refractivity contribution in [3.05, 3.63) is 64.7 Å². The van der Waals surface area contributed by atoms with E-state index in [0.717, 1.165) is 43.3 Å². The van der Waals surface area contributed by atoms with Crippen molar-refractivity contribution in [2.45, 2.75) is 19.3 Å². The highest BCUT2D eigenvalue weighted by atomic mass is 16.4. The molecule has 7 heteroatoms. The fraction of sp³-hybridized carbons (Fsp3) is 0.238. The molecule has 7 nitrogen and oxygen atoms in total. The Morgan fingerprint density at radius 2 is 1.39 bits per heavy atom. The third-order valence-corrected chi connectivity index (χ3v) is 5.14. The molecule has 2 aromatic carbocycles. The summed E-state index contributed by atoms with van der Waals surface area (Å²) in [7, 11) is 0. The van der Waals surface area contributed by atoms with Crippen LogP contribution < -0.4 is 10.0 Å². The molecule has 0 saturated carbocycles. The highest BCUT2D eigenvalue weighted by molar-refractivity contribution is 6.34. The zero-order chi connectivity index (χ0) is 19.8. The number of piperidine rings is 1. The van der Waals surface area contributed by atoms with Gasteiger partial charge in [-0.1, -0.05) is 6.07 Å². The summed E-state index contributed by atoms with van der Waals surface area (Å²) in [4.78, 5) is 51.7. The van der Waals surface area contributed by atoms with Crippen LogP contribution in [0.3, 0.4) is 0 Å². The smallest absolute Gasteiger partial charge is 0.266 e. The monoisotopic (exact) mass is 377 g/mol. The summed E-state index contributed by atoms with van der Waals surface area (Å²) >= 11 is 0. The Morgan fingerprint density at radius 1 is 0.786 bits per heavy atom. The van der Waals surface area contributed by atoms with Gasteiger partial charge in [-0.15, -0.1) is 0 Å². The number of hydrogen-bond acceptors (Lipinski definition) is 5. The van der Waals surface area contributed by atoms with E-state index in [-0.39, 0.29) is 22.6 Å². The van der Waals surface area contributed by atoms with Gasteiger partial charge in [0.05, 0.1) is 22.8 Å². The van der Waals surface area contributed by atoms with E-state index in [1.165, 1.54) is 12.1 Å². The van der Waals surface area contributed by atoms with Gasteiger partial charge >= 0.3 is 0 Å². The van der Waals surface area contributed by atoms with Crippen molar-refractivity contribution < 1.29 is 24.3 Å². The third kappa shape index (κ3) is 2.94. The quantitative estimate of drug-likeness (QED) is 0.755. The van der Waals surface area contributed by atoms with E-state index in [0.29, 0.717) is 11.3 Å². The molecule has 3 amide bonds. The molecule has 0 aliphatic carbocycles. The van der Waals surface area contributed by atoms with Crippen molar-refractivity contribution in [3.8, 4) is 0 Å². The molecule has 0 aromatic heterocycles. The van der Waals surface area contributed by atoms with E-state index in [9.17, 15) is 24.3 Å². The molecular weight excluding hydrogens is 360 g/mol. The lowest BCUT2D eigenvalue weighted by molar-refractivity contribution is -0.255. The molecule has 1 fully saturated rings. The minimum atomic E-state index is -1.41. The van der Waals surface area contributed by atoms with Crippen LogP contribution in [0.15, 0.2) is 42.5 Å². The van der Waals surface area contributed by atoms with Crippen molar-refractivity contribution in [1.29, 1.82) is 0 Å². The molecule has 28 heavy (non-hydrogen) atoms. The summed E-state index contributed by atoms with van der Waals surface area (Å²) in [5.74, 6) is -2.60. The zero-order valence-electron chi connectivity index (χ0n) is 15.0. The number of benzene rings is 2. The Balaban J connectivity index is 1.59. The topological polar surface area (TPSA) is 97.8 Å². The molecule has 4 rings (SSSR count). The van der Waals surface area contributed by atoms with Gasteiger partial charge in [0, 0.05) is 18.7 Å². The van der Waals surface area contributed by atoms with E-state index in [2.05, 4.69) is 0 Å². The Kier molecular flexibility index (Phi) is 4.43. The van der Waals surface area contributed by atoms with Crippen molar-refractivity contribution in [2.75, 3.05) is 18.0 Å². The highest BCUT2D eigenvalue weighted by Gasteiger charge is 2.37. The number of carbonyl (C=O) groups excluding carboxylic acids is 4. The fourth-order valence-corrected chi connectivity index (χ4v) is 3.63. The van der Waals surface area contributed by atoms with Crippen molar-refractivity contribution in [3.63, 3.8) is 0 Å². The zero-order valence-corrected chi connectivity index (χ0v) is 15.0. The lowest BCUT2D eigenvalue weighted by atomic mass is 10.1. The first-order valence-corrected chi connectivity index (χ1v) is 9.11. The Morgan fingerprint density at radius 3 is 2.04 bits per heavy atom. The third-order valence-electron chi connectivity index (χ3n) is 5.14. The van der Waals surface area contributed by atoms with Gasteiger partial charge in [-0.3, -0.25) is 14.4 Å². The molecule has 0 unspecified atom stereocenters. The maximum atomic E-state index is 12.7. The van der Waals surface area contributed by atoms with Gasteiger partial charge in [-0.25, -0.2) is 4.90 Å². The average Bonchev–Trinajstić information content (AvgIpc) is 2.98. The summed E-state index contributed by atoms with van der Waals surface area (Å²) < 4.78 is 0. The number of carboxylic acid groups (broad SMARTS) is 1. The molecule has 1 saturated heterocycles. The lowest BCUT2D eigenvalue weighted by Gasteiger charge is -2.26. The van der Waals surface area contributed by atoms with Gasteiger partial charge in [0.15, 0.2) is 0 Å². The Labute approximate surface area is 161 Å². The predicted octanol–water partition coefficient (Wildman–Crippen LogP) is 1.48. The summed E-state index contributed by atoms with van der Waals surface area (Å²) in [5, 5.41) is 11.0. The fourth-order valence-electron chi connectivity index (χ4n) is 3.63. The first kappa shape index (κ1) is 17.9. The van der Waals surface area contributed by atoms with Gasteiger partial charge < -0.3 is 14.8 Å². The molecule has 0 atom stereocenters. The first-order valence-electron chi connectivity index (χ1n) is 9.11. The van der Waals surface area contributed by atoms with Gasteiger partial charge in [0.1, 0.15) is 0 Å². The second kappa shape index (κ2) is 6.92. The molecule has 0 spiro atoms. The molecule has 0 bridgehead atoms. The second-order valence-corrected chi connectivity index (χ2v) is 6.89. The maximum Gasteiger partial charge on any atom is 0.266 e. The van der Waals surface area contributed by atoms with Crippen LogP contribution in [0.5, 0.6) is 0 Å². The standard InChI is InChI=1S/C21H18N2O5/c24-18(22-10-2-1-3-11-22)13-4-7-15(8-5-13)23-19(25)16-9-6-14(21(27)28)12-17(16)20(23)26/h4-9,12H,1-3,10-11H2,(H,27,28)/p-1. The number of likely N-dealkylation sites (tertiary alicyclic amines) is 1. The molecule has 2 aliphatic heterocycles. The Hall–Kier alpha value is -3.48.